The summed E-state index contributed by atoms with van der Waals surface area (Å²) >= 11 is 0. The molecular weight excluding hydrogens is 227 g/mol. The molecule has 18 heavy (non-hydrogen) atoms. The molecule has 0 aliphatic heterocycles. The van der Waals surface area contributed by atoms with Crippen molar-refractivity contribution in [2.45, 2.75) is 6.42 Å². The molecule has 0 aliphatic rings. The summed E-state index contributed by atoms with van der Waals surface area (Å²) in [6, 6.07) is 15.4. The first kappa shape index (κ1) is 12.2. The molecule has 2 heteroatoms. The number of rotatable bonds is 4. The fourth-order valence-electron chi connectivity index (χ4n) is 1.62. The summed E-state index contributed by atoms with van der Waals surface area (Å²) in [6.07, 6.45) is 4.04. The number of carbonyl (C=O) groups excluding carboxylic acids is 1. The van der Waals surface area contributed by atoms with Crippen LogP contribution in [0.25, 0.3) is 6.08 Å². The van der Waals surface area contributed by atoms with Gasteiger partial charge in [-0.05, 0) is 29.8 Å². The molecule has 0 radical (unpaired) electrons. The van der Waals surface area contributed by atoms with E-state index in [2.05, 4.69) is 0 Å². The topological polar surface area (TPSA) is 17.1 Å². The maximum absolute atomic E-state index is 12.7. The van der Waals surface area contributed by atoms with Gasteiger partial charge in [0.2, 0.25) is 0 Å². The first-order valence-electron chi connectivity index (χ1n) is 5.76. The van der Waals surface area contributed by atoms with E-state index in [-0.39, 0.29) is 11.6 Å². The molecule has 2 aromatic rings. The lowest BCUT2D eigenvalue weighted by atomic mass is 10.1. The Morgan fingerprint density at radius 3 is 2.33 bits per heavy atom. The highest BCUT2D eigenvalue weighted by Crippen LogP contribution is 2.08. The first-order valence-corrected chi connectivity index (χ1v) is 5.76. The quantitative estimate of drug-likeness (QED) is 0.735. The second-order valence-electron chi connectivity index (χ2n) is 3.95. The normalized spacial score (nSPS) is 10.7. The van der Waals surface area contributed by atoms with Gasteiger partial charge in [0, 0.05) is 12.0 Å². The van der Waals surface area contributed by atoms with Crippen LogP contribution in [0.5, 0.6) is 0 Å². The number of Topliss-reactive ketones (excluding diaryl/α,β-unsaturated/α-hetero) is 1. The summed E-state index contributed by atoms with van der Waals surface area (Å²) in [5.41, 5.74) is 1.60. The minimum Gasteiger partial charge on any atom is -0.294 e. The molecule has 0 aliphatic carbocycles. The number of halogens is 1. The molecule has 0 amide bonds. The molecule has 0 bridgehead atoms. The molecule has 0 saturated carbocycles. The van der Waals surface area contributed by atoms with E-state index < -0.39 is 0 Å². The van der Waals surface area contributed by atoms with Gasteiger partial charge in [-0.15, -0.1) is 0 Å². The van der Waals surface area contributed by atoms with E-state index in [9.17, 15) is 9.18 Å². The van der Waals surface area contributed by atoms with Crippen molar-refractivity contribution in [2.75, 3.05) is 0 Å². The van der Waals surface area contributed by atoms with Crippen molar-refractivity contribution >= 4 is 11.9 Å². The number of allylic oxidation sites excluding steroid dienone is 1. The van der Waals surface area contributed by atoms with Crippen LogP contribution in [0.3, 0.4) is 0 Å². The third kappa shape index (κ3) is 3.39. The molecule has 0 aromatic heterocycles. The zero-order valence-electron chi connectivity index (χ0n) is 9.84. The van der Waals surface area contributed by atoms with Crippen LogP contribution in [0.15, 0.2) is 60.7 Å². The number of hydrogen-bond donors (Lipinski definition) is 0. The maximum Gasteiger partial charge on any atom is 0.166 e. The summed E-state index contributed by atoms with van der Waals surface area (Å²) < 4.78 is 12.7. The molecule has 0 atom stereocenters. The van der Waals surface area contributed by atoms with E-state index in [1.165, 1.54) is 24.3 Å². The standard InChI is InChI=1S/C16H13FO/c17-15-11-9-14(10-12-15)16(18)8-4-7-13-5-2-1-3-6-13/h1-7,9-12H,8H2/b7-4+. The monoisotopic (exact) mass is 240 g/mol. The summed E-state index contributed by atoms with van der Waals surface area (Å²) in [6.45, 7) is 0. The van der Waals surface area contributed by atoms with Crippen LogP contribution >= 0.6 is 0 Å². The van der Waals surface area contributed by atoms with Crippen LogP contribution in [-0.4, -0.2) is 5.78 Å². The molecule has 0 unspecified atom stereocenters. The van der Waals surface area contributed by atoms with Crippen LogP contribution in [0.4, 0.5) is 4.39 Å². The Balaban J connectivity index is 1.96. The second-order valence-corrected chi connectivity index (χ2v) is 3.95. The van der Waals surface area contributed by atoms with Crippen molar-refractivity contribution in [1.82, 2.24) is 0 Å². The lowest BCUT2D eigenvalue weighted by Crippen LogP contribution is -1.96. The summed E-state index contributed by atoms with van der Waals surface area (Å²) in [4.78, 5) is 11.8. The van der Waals surface area contributed by atoms with Gasteiger partial charge in [0.05, 0.1) is 0 Å². The Kier molecular flexibility index (Phi) is 4.02. The fourth-order valence-corrected chi connectivity index (χ4v) is 1.62. The third-order valence-electron chi connectivity index (χ3n) is 2.58. The zero-order valence-corrected chi connectivity index (χ0v) is 9.84. The van der Waals surface area contributed by atoms with E-state index in [1.807, 2.05) is 42.5 Å². The average molecular weight is 240 g/mol. The summed E-state index contributed by atoms with van der Waals surface area (Å²) in [5.74, 6) is -0.339. The Morgan fingerprint density at radius 2 is 1.67 bits per heavy atom. The molecule has 2 rings (SSSR count). The minimum atomic E-state index is -0.327. The minimum absolute atomic E-state index is 0.0119. The molecule has 0 heterocycles. The van der Waals surface area contributed by atoms with Crippen molar-refractivity contribution in [3.63, 3.8) is 0 Å². The Bertz CT molecular complexity index is 541. The molecule has 90 valence electrons. The van der Waals surface area contributed by atoms with E-state index in [4.69, 9.17) is 0 Å². The average Bonchev–Trinajstić information content (AvgIpc) is 2.40. The van der Waals surface area contributed by atoms with Crippen LogP contribution in [0.2, 0.25) is 0 Å². The Hall–Kier alpha value is -2.22. The van der Waals surface area contributed by atoms with E-state index >= 15 is 0 Å². The van der Waals surface area contributed by atoms with Crippen LogP contribution in [0, 0.1) is 5.82 Å². The van der Waals surface area contributed by atoms with Gasteiger partial charge >= 0.3 is 0 Å². The van der Waals surface area contributed by atoms with E-state index in [1.54, 1.807) is 0 Å². The molecule has 1 nitrogen and oxygen atoms in total. The Labute approximate surface area is 106 Å². The molecule has 2 aromatic carbocycles. The second kappa shape index (κ2) is 5.92. The lowest BCUT2D eigenvalue weighted by molar-refractivity contribution is 0.0996. The van der Waals surface area contributed by atoms with Crippen LogP contribution in [0.1, 0.15) is 22.3 Å². The summed E-state index contributed by atoms with van der Waals surface area (Å²) in [5, 5.41) is 0. The molecule has 0 fully saturated rings. The molecule has 0 N–H and O–H groups in total. The van der Waals surface area contributed by atoms with Gasteiger partial charge in [-0.1, -0.05) is 42.5 Å². The van der Waals surface area contributed by atoms with E-state index in [0.29, 0.717) is 12.0 Å². The number of carbonyl (C=O) groups is 1. The predicted molar refractivity (Wildman–Crippen MR) is 70.8 cm³/mol. The summed E-state index contributed by atoms with van der Waals surface area (Å²) in [7, 11) is 0. The lowest BCUT2D eigenvalue weighted by Gasteiger charge is -1.97. The first-order chi connectivity index (χ1) is 8.75. The third-order valence-corrected chi connectivity index (χ3v) is 2.58. The van der Waals surface area contributed by atoms with Gasteiger partial charge in [0.25, 0.3) is 0 Å². The van der Waals surface area contributed by atoms with Crippen LogP contribution in [-0.2, 0) is 0 Å². The molecule has 0 spiro atoms. The highest BCUT2D eigenvalue weighted by Gasteiger charge is 2.02. The number of ketones is 1. The number of benzene rings is 2. The van der Waals surface area contributed by atoms with Crippen molar-refractivity contribution in [1.29, 1.82) is 0 Å². The Morgan fingerprint density at radius 1 is 1.00 bits per heavy atom. The van der Waals surface area contributed by atoms with Crippen molar-refractivity contribution in [3.8, 4) is 0 Å². The maximum atomic E-state index is 12.7. The highest BCUT2D eigenvalue weighted by atomic mass is 19.1. The largest absolute Gasteiger partial charge is 0.294 e. The van der Waals surface area contributed by atoms with Crippen molar-refractivity contribution in [3.05, 3.63) is 77.6 Å². The number of hydrogen-bond acceptors (Lipinski definition) is 1. The highest BCUT2D eigenvalue weighted by molar-refractivity contribution is 5.97. The van der Waals surface area contributed by atoms with Gasteiger partial charge in [-0.3, -0.25) is 4.79 Å². The SMILES string of the molecule is O=C(C/C=C/c1ccccc1)c1ccc(F)cc1. The van der Waals surface area contributed by atoms with Crippen LogP contribution < -0.4 is 0 Å². The zero-order chi connectivity index (χ0) is 12.8. The fraction of sp³-hybridized carbons (Fsp3) is 0.0625. The van der Waals surface area contributed by atoms with Gasteiger partial charge in [-0.2, -0.15) is 0 Å². The molecular formula is C16H13FO. The van der Waals surface area contributed by atoms with Gasteiger partial charge < -0.3 is 0 Å². The van der Waals surface area contributed by atoms with Gasteiger partial charge in [0.15, 0.2) is 5.78 Å². The van der Waals surface area contributed by atoms with E-state index in [0.717, 1.165) is 5.56 Å². The van der Waals surface area contributed by atoms with Gasteiger partial charge in [-0.25, -0.2) is 4.39 Å². The van der Waals surface area contributed by atoms with Crippen molar-refractivity contribution in [2.24, 2.45) is 0 Å². The van der Waals surface area contributed by atoms with Crippen molar-refractivity contribution < 1.29 is 9.18 Å². The van der Waals surface area contributed by atoms with Gasteiger partial charge in [0.1, 0.15) is 5.82 Å². The predicted octanol–water partition coefficient (Wildman–Crippen LogP) is 4.11. The smallest absolute Gasteiger partial charge is 0.166 e. The molecule has 0 saturated heterocycles.